The van der Waals surface area contributed by atoms with Gasteiger partial charge in [0.05, 0.1) is 0 Å². The molecule has 28 unspecified atom stereocenters. The molecule has 16 saturated carbocycles. The quantitative estimate of drug-likeness (QED) is 0.446. The predicted octanol–water partition coefficient (Wildman–Crippen LogP) is 5.25. The van der Waals surface area contributed by atoms with Crippen molar-refractivity contribution < 1.29 is 0 Å². The number of fused-ring (bicyclic) bond motifs is 43. The van der Waals surface area contributed by atoms with E-state index in [0.717, 1.165) is 0 Å². The third-order valence-electron chi connectivity index (χ3n) is 21.2. The highest BCUT2D eigenvalue weighted by molar-refractivity contribution is 5.43. The Hall–Kier alpha value is 0. The molecule has 0 nitrogen and oxygen atoms in total. The molecule has 0 aromatic rings. The minimum atomic E-state index is 1.27. The van der Waals surface area contributed by atoms with Crippen LogP contribution in [0.3, 0.4) is 0 Å². The molecule has 0 aromatic carbocycles. The molecule has 0 radical (unpaired) electrons. The van der Waals surface area contributed by atoms with Gasteiger partial charge >= 0.3 is 0 Å². The molecule has 0 heteroatoms. The normalized spacial score (nSPS) is 98.1. The molecule has 16 aliphatic carbocycles. The Kier molecular flexibility index (Phi) is 1.73. The van der Waals surface area contributed by atoms with Gasteiger partial charge in [-0.15, -0.1) is 0 Å². The van der Waals surface area contributed by atoms with Crippen molar-refractivity contribution >= 4 is 0 Å². The third-order valence-corrected chi connectivity index (χ3v) is 21.2. The van der Waals surface area contributed by atoms with Crippen LogP contribution in [-0.2, 0) is 0 Å². The van der Waals surface area contributed by atoms with E-state index in [1.165, 1.54) is 178 Å². The lowest BCUT2D eigenvalue weighted by molar-refractivity contribution is -0.534. The summed E-state index contributed by atoms with van der Waals surface area (Å²) in [5.41, 5.74) is 0. The first-order chi connectivity index (χ1) is 17.0. The van der Waals surface area contributed by atoms with Crippen LogP contribution in [0.15, 0.2) is 0 Å². The molecule has 16 fully saturated rings. The first-order valence-corrected chi connectivity index (χ1v) is 17.0. The summed E-state index contributed by atoms with van der Waals surface area (Å²) in [5.74, 6) is 39.4. The smallest absolute Gasteiger partial charge is 0.0312 e. The van der Waals surface area contributed by atoms with Gasteiger partial charge in [0.1, 0.15) is 0 Å². The van der Waals surface area contributed by atoms with Crippen LogP contribution in [0.4, 0.5) is 0 Å². The van der Waals surface area contributed by atoms with Crippen molar-refractivity contribution in [3.05, 3.63) is 0 Å². The first kappa shape index (κ1) is 15.4. The lowest BCUT2D eigenvalue weighted by Crippen LogP contribution is -2.97. The van der Waals surface area contributed by atoms with E-state index in [1.54, 1.807) is 25.7 Å². The van der Waals surface area contributed by atoms with Crippen molar-refractivity contribution in [1.82, 2.24) is 0 Å². The minimum absolute atomic E-state index is 1.27. The van der Waals surface area contributed by atoms with Crippen molar-refractivity contribution in [2.24, 2.45) is 178 Å². The Morgan fingerprint density at radius 3 is 0.382 bits per heavy atom. The summed E-state index contributed by atoms with van der Waals surface area (Å²) < 4.78 is 0. The van der Waals surface area contributed by atoms with Crippen molar-refractivity contribution in [2.45, 2.75) is 25.7 Å². The monoisotopic (exact) mass is 446 g/mol. The molecule has 0 aromatic heterocycles. The molecule has 174 valence electrons. The maximum Gasteiger partial charge on any atom is -0.0312 e. The van der Waals surface area contributed by atoms with Crippen LogP contribution in [0.2, 0.25) is 0 Å². The van der Waals surface area contributed by atoms with E-state index in [1.807, 2.05) is 0 Å². The van der Waals surface area contributed by atoms with E-state index in [0.29, 0.717) is 0 Å². The van der Waals surface area contributed by atoms with Crippen molar-refractivity contribution in [1.29, 1.82) is 0 Å². The van der Waals surface area contributed by atoms with E-state index >= 15 is 0 Å². The third kappa shape index (κ3) is 0.928. The zero-order valence-electron chi connectivity index (χ0n) is 20.1. The molecule has 0 saturated heterocycles. The average molecular weight is 447 g/mol. The summed E-state index contributed by atoms with van der Waals surface area (Å²) >= 11 is 0. The Bertz CT molecular complexity index is 1050. The summed E-state index contributed by atoms with van der Waals surface area (Å²) in [7, 11) is 0. The van der Waals surface area contributed by atoms with Gasteiger partial charge in [-0.25, -0.2) is 0 Å². The second-order valence-corrected chi connectivity index (χ2v) is 18.8. The fourth-order valence-corrected chi connectivity index (χ4v) is 21.2. The van der Waals surface area contributed by atoms with E-state index in [-0.39, 0.29) is 0 Å². The Morgan fingerprint density at radius 2 is 0.265 bits per heavy atom. The van der Waals surface area contributed by atoms with Crippen LogP contribution in [0.25, 0.3) is 0 Å². The second-order valence-electron chi connectivity index (χ2n) is 18.8. The van der Waals surface area contributed by atoms with E-state index in [2.05, 4.69) is 0 Å². The Labute approximate surface area is 203 Å². The molecule has 0 aliphatic heterocycles. The number of hydrogen-bond donors (Lipinski definition) is 0. The van der Waals surface area contributed by atoms with Crippen molar-refractivity contribution in [3.63, 3.8) is 0 Å². The van der Waals surface area contributed by atoms with Crippen LogP contribution < -0.4 is 0 Å². The molecule has 0 bridgehead atoms. The SMILES string of the molecule is C1CC2C1C1C2C2C1C1C2C2C1C1C2C2C1C1C3C4C5C6C7C8C9CCC9C8C7C6C5C4C3C21. The summed E-state index contributed by atoms with van der Waals surface area (Å²) in [5, 5.41) is 0. The van der Waals surface area contributed by atoms with Crippen LogP contribution in [0.5, 0.6) is 0 Å². The second kappa shape index (κ2) is 3.82. The molecule has 0 spiro atoms. The number of rotatable bonds is 0. The lowest BCUT2D eigenvalue weighted by atomic mass is 9.04. The van der Waals surface area contributed by atoms with Gasteiger partial charge in [-0.3, -0.25) is 0 Å². The molecular weight excluding hydrogens is 408 g/mol. The fourth-order valence-electron chi connectivity index (χ4n) is 21.2. The highest BCUT2D eigenvalue weighted by atomic mass is 15.0. The molecule has 0 amide bonds. The first-order valence-electron chi connectivity index (χ1n) is 17.0. The van der Waals surface area contributed by atoms with Gasteiger partial charge in [0, 0.05) is 0 Å². The topological polar surface area (TPSA) is 0 Å². The van der Waals surface area contributed by atoms with Crippen molar-refractivity contribution in [3.8, 4) is 0 Å². The van der Waals surface area contributed by atoms with Gasteiger partial charge in [0.2, 0.25) is 0 Å². The highest BCUT2D eigenvalue weighted by Gasteiger charge is 2.96. The molecule has 16 aliphatic rings. The van der Waals surface area contributed by atoms with Crippen molar-refractivity contribution in [2.75, 3.05) is 0 Å². The molecule has 16 rings (SSSR count). The van der Waals surface area contributed by atoms with Crippen LogP contribution >= 0.6 is 0 Å². The van der Waals surface area contributed by atoms with Gasteiger partial charge in [0.25, 0.3) is 0 Å². The standard InChI is InChI=1S/C34H38/c1-2-6-5(1)9-10(6)14-13(9)17-18(14)22-21(17)25-26(22)30-29(25)33-31-27-23-19-15-11-7-3-4-8(7)12(11)16(15)20(19)24(23)28(27)32(31)34(30)33/h5-34H,1-4H2. The Morgan fingerprint density at radius 1 is 0.147 bits per heavy atom. The summed E-state index contributed by atoms with van der Waals surface area (Å²) in [6, 6.07) is 0. The summed E-state index contributed by atoms with van der Waals surface area (Å²) in [6.07, 6.45) is 6.61. The lowest BCUT2D eigenvalue weighted by Gasteiger charge is -3.00. The average Bonchev–Trinajstić information content (AvgIpc) is 2.74. The van der Waals surface area contributed by atoms with Gasteiger partial charge in [-0.2, -0.15) is 0 Å². The maximum absolute atomic E-state index is 1.65. The summed E-state index contributed by atoms with van der Waals surface area (Å²) in [4.78, 5) is 0. The molecule has 0 heterocycles. The minimum Gasteiger partial charge on any atom is -0.0496 e. The summed E-state index contributed by atoms with van der Waals surface area (Å²) in [6.45, 7) is 0. The van der Waals surface area contributed by atoms with Crippen LogP contribution in [0, 0.1) is 178 Å². The molecule has 28 atom stereocenters. The van der Waals surface area contributed by atoms with E-state index in [4.69, 9.17) is 0 Å². The van der Waals surface area contributed by atoms with E-state index < -0.39 is 0 Å². The zero-order chi connectivity index (χ0) is 20.1. The largest absolute Gasteiger partial charge is 0.0496 e. The van der Waals surface area contributed by atoms with Gasteiger partial charge in [-0.05, 0) is 203 Å². The molecule has 34 heavy (non-hydrogen) atoms. The maximum atomic E-state index is 1.65. The zero-order valence-corrected chi connectivity index (χ0v) is 20.1. The Balaban J connectivity index is 0.711. The van der Waals surface area contributed by atoms with Gasteiger partial charge in [-0.1, -0.05) is 0 Å². The van der Waals surface area contributed by atoms with Gasteiger partial charge < -0.3 is 0 Å². The number of hydrogen-bond acceptors (Lipinski definition) is 0. The highest BCUT2D eigenvalue weighted by Crippen LogP contribution is 3.00. The fraction of sp³-hybridized carbons (Fsp3) is 1.00. The van der Waals surface area contributed by atoms with E-state index in [9.17, 15) is 0 Å². The van der Waals surface area contributed by atoms with Gasteiger partial charge in [0.15, 0.2) is 0 Å². The van der Waals surface area contributed by atoms with Crippen LogP contribution in [0.1, 0.15) is 25.7 Å². The van der Waals surface area contributed by atoms with Crippen LogP contribution in [-0.4, -0.2) is 0 Å². The predicted molar refractivity (Wildman–Crippen MR) is 123 cm³/mol. The molecule has 0 N–H and O–H groups in total. The molecular formula is C34H38.